The summed E-state index contributed by atoms with van der Waals surface area (Å²) in [4.78, 5) is 7.33. The first-order valence-corrected chi connectivity index (χ1v) is 19.2. The van der Waals surface area contributed by atoms with Gasteiger partial charge in [0, 0.05) is 44.7 Å². The molecule has 0 amide bonds. The molecule has 268 valence electrons. The second kappa shape index (κ2) is 13.6. The summed E-state index contributed by atoms with van der Waals surface area (Å²) in [6.45, 7) is 0. The molecule has 57 heavy (non-hydrogen) atoms. The summed E-state index contributed by atoms with van der Waals surface area (Å²) < 4.78 is 13.1. The average molecular weight is 731 g/mol. The summed E-state index contributed by atoms with van der Waals surface area (Å²) in [5.74, 6) is 0.580. The van der Waals surface area contributed by atoms with Gasteiger partial charge in [-0.05, 0) is 81.7 Å². The second-order valence-corrected chi connectivity index (χ2v) is 14.3. The number of rotatable bonds is 7. The lowest BCUT2D eigenvalue weighted by Crippen LogP contribution is -2.10. The average Bonchev–Trinajstić information content (AvgIpc) is 3.89. The van der Waals surface area contributed by atoms with E-state index in [1.54, 1.807) is 0 Å². The minimum absolute atomic E-state index is 0.580. The molecule has 0 saturated heterocycles. The lowest BCUT2D eigenvalue weighted by molar-refractivity contribution is 0.621. The Hall–Kier alpha value is -7.69. The highest BCUT2D eigenvalue weighted by molar-refractivity contribution is 6.19. The number of hydrogen-bond acceptors (Lipinski definition) is 4. The van der Waals surface area contributed by atoms with Crippen molar-refractivity contribution in [3.63, 3.8) is 0 Å². The fraction of sp³-hybridized carbons (Fsp3) is 0. The maximum atomic E-state index is 6.66. The van der Waals surface area contributed by atoms with E-state index in [0.29, 0.717) is 5.89 Å². The van der Waals surface area contributed by atoms with Gasteiger partial charge in [0.1, 0.15) is 16.7 Å². The van der Waals surface area contributed by atoms with Crippen molar-refractivity contribution >= 4 is 60.9 Å². The highest BCUT2D eigenvalue weighted by Crippen LogP contribution is 2.46. The molecule has 0 N–H and O–H groups in total. The lowest BCUT2D eigenvalue weighted by Gasteiger charge is -2.28. The standard InChI is InChI=1S/C53H34N2O2/c1-4-14-35(15-5-1)36-24-28-40(29-25-36)55(47-33-32-42(37-16-6-2-7-17-37)43-20-10-11-21-44(43)47)41-30-26-38(27-31-41)50-51-45-22-12-13-23-48(45)56-49(51)34-46-52(50)57-53(54-46)39-18-8-3-9-19-39/h1-34H. The smallest absolute Gasteiger partial charge is 0.227 e. The third kappa shape index (κ3) is 5.66. The number of para-hydroxylation sites is 1. The third-order valence-electron chi connectivity index (χ3n) is 10.9. The zero-order chi connectivity index (χ0) is 37.7. The maximum absolute atomic E-state index is 6.66. The van der Waals surface area contributed by atoms with E-state index in [9.17, 15) is 0 Å². The van der Waals surface area contributed by atoms with E-state index in [1.165, 1.54) is 33.0 Å². The Labute approximate surface area is 329 Å². The monoisotopic (exact) mass is 730 g/mol. The topological polar surface area (TPSA) is 42.4 Å². The van der Waals surface area contributed by atoms with Crippen molar-refractivity contribution in [3.8, 4) is 44.8 Å². The molecular formula is C53H34N2O2. The van der Waals surface area contributed by atoms with Gasteiger partial charge >= 0.3 is 0 Å². The minimum atomic E-state index is 0.580. The Bertz CT molecular complexity index is 3200. The number of fused-ring (bicyclic) bond motifs is 5. The van der Waals surface area contributed by atoms with Crippen LogP contribution in [0.1, 0.15) is 0 Å². The first-order valence-electron chi connectivity index (χ1n) is 19.2. The van der Waals surface area contributed by atoms with Gasteiger partial charge in [0.25, 0.3) is 0 Å². The Morgan fingerprint density at radius 3 is 1.61 bits per heavy atom. The van der Waals surface area contributed by atoms with Gasteiger partial charge in [-0.1, -0.05) is 152 Å². The fourth-order valence-electron chi connectivity index (χ4n) is 8.24. The van der Waals surface area contributed by atoms with Gasteiger partial charge in [-0.3, -0.25) is 0 Å². The second-order valence-electron chi connectivity index (χ2n) is 14.3. The molecule has 0 unspecified atom stereocenters. The first kappa shape index (κ1) is 32.7. The van der Waals surface area contributed by atoms with E-state index in [0.717, 1.165) is 66.8 Å². The van der Waals surface area contributed by atoms with E-state index in [4.69, 9.17) is 13.8 Å². The molecule has 0 aliphatic rings. The predicted octanol–water partition coefficient (Wildman–Crippen LogP) is 15.0. The van der Waals surface area contributed by atoms with Crippen LogP contribution >= 0.6 is 0 Å². The van der Waals surface area contributed by atoms with Crippen LogP contribution in [0.2, 0.25) is 0 Å². The van der Waals surface area contributed by atoms with E-state index in [-0.39, 0.29) is 0 Å². The number of nitrogens with zero attached hydrogens (tertiary/aromatic N) is 2. The highest BCUT2D eigenvalue weighted by atomic mass is 16.4. The van der Waals surface area contributed by atoms with Gasteiger partial charge in [0.05, 0.1) is 5.69 Å². The van der Waals surface area contributed by atoms with Gasteiger partial charge in [0.15, 0.2) is 5.58 Å². The molecule has 0 fully saturated rings. The number of benzene rings is 9. The molecule has 11 aromatic rings. The van der Waals surface area contributed by atoms with Crippen LogP contribution in [0.25, 0.3) is 88.6 Å². The molecular weight excluding hydrogens is 697 g/mol. The maximum Gasteiger partial charge on any atom is 0.227 e. The Morgan fingerprint density at radius 2 is 0.930 bits per heavy atom. The van der Waals surface area contributed by atoms with Crippen LogP contribution in [0.3, 0.4) is 0 Å². The largest absolute Gasteiger partial charge is 0.456 e. The number of oxazole rings is 1. The van der Waals surface area contributed by atoms with Crippen molar-refractivity contribution in [2.75, 3.05) is 4.90 Å². The van der Waals surface area contributed by atoms with E-state index in [1.807, 2.05) is 48.5 Å². The van der Waals surface area contributed by atoms with Crippen LogP contribution < -0.4 is 4.90 Å². The number of anilines is 3. The van der Waals surface area contributed by atoms with Gasteiger partial charge in [-0.25, -0.2) is 4.98 Å². The van der Waals surface area contributed by atoms with Crippen LogP contribution in [0.4, 0.5) is 17.1 Å². The van der Waals surface area contributed by atoms with Crippen LogP contribution in [-0.4, -0.2) is 4.98 Å². The molecule has 4 heteroatoms. The summed E-state index contributed by atoms with van der Waals surface area (Å²) in [6, 6.07) is 72.3. The van der Waals surface area contributed by atoms with Crippen molar-refractivity contribution in [1.82, 2.24) is 4.98 Å². The van der Waals surface area contributed by atoms with Crippen molar-refractivity contribution < 1.29 is 8.83 Å². The summed E-state index contributed by atoms with van der Waals surface area (Å²) in [5, 5.41) is 4.42. The highest BCUT2D eigenvalue weighted by Gasteiger charge is 2.23. The zero-order valence-corrected chi connectivity index (χ0v) is 30.8. The molecule has 0 aliphatic heterocycles. The quantitative estimate of drug-likeness (QED) is 0.164. The van der Waals surface area contributed by atoms with Crippen molar-refractivity contribution in [1.29, 1.82) is 0 Å². The summed E-state index contributed by atoms with van der Waals surface area (Å²) in [6.07, 6.45) is 0. The number of aromatic nitrogens is 1. The van der Waals surface area contributed by atoms with Crippen molar-refractivity contribution in [2.24, 2.45) is 0 Å². The molecule has 0 radical (unpaired) electrons. The molecule has 11 rings (SSSR count). The van der Waals surface area contributed by atoms with Crippen LogP contribution in [0.5, 0.6) is 0 Å². The van der Waals surface area contributed by atoms with Crippen LogP contribution in [0, 0.1) is 0 Å². The predicted molar refractivity (Wildman–Crippen MR) is 235 cm³/mol. The molecule has 0 atom stereocenters. The molecule has 0 spiro atoms. The fourth-order valence-corrected chi connectivity index (χ4v) is 8.24. The van der Waals surface area contributed by atoms with Crippen molar-refractivity contribution in [2.45, 2.75) is 0 Å². The molecule has 0 bridgehead atoms. The molecule has 9 aromatic carbocycles. The van der Waals surface area contributed by atoms with Gasteiger partial charge in [-0.2, -0.15) is 0 Å². The third-order valence-corrected chi connectivity index (χ3v) is 10.9. The lowest BCUT2D eigenvalue weighted by atomic mass is 9.95. The molecule has 0 saturated carbocycles. The van der Waals surface area contributed by atoms with E-state index in [2.05, 4.69) is 163 Å². The molecule has 2 heterocycles. The van der Waals surface area contributed by atoms with Gasteiger partial charge in [0.2, 0.25) is 5.89 Å². The number of hydrogen-bond donors (Lipinski definition) is 0. The SMILES string of the molecule is c1ccc(-c2ccc(N(c3ccc(-c4c5oc(-c6ccccc6)nc5cc5oc6ccccc6c45)cc3)c3ccc(-c4ccccc4)c4ccccc34)cc2)cc1. The van der Waals surface area contributed by atoms with Crippen molar-refractivity contribution in [3.05, 3.63) is 206 Å². The Morgan fingerprint density at radius 1 is 0.386 bits per heavy atom. The zero-order valence-electron chi connectivity index (χ0n) is 30.8. The summed E-state index contributed by atoms with van der Waals surface area (Å²) >= 11 is 0. The molecule has 0 aliphatic carbocycles. The molecule has 4 nitrogen and oxygen atoms in total. The summed E-state index contributed by atoms with van der Waals surface area (Å²) in [7, 11) is 0. The summed E-state index contributed by atoms with van der Waals surface area (Å²) in [5.41, 5.74) is 14.0. The van der Waals surface area contributed by atoms with Gasteiger partial charge < -0.3 is 13.7 Å². The van der Waals surface area contributed by atoms with Crippen LogP contribution in [-0.2, 0) is 0 Å². The van der Waals surface area contributed by atoms with E-state index >= 15 is 0 Å². The van der Waals surface area contributed by atoms with Gasteiger partial charge in [-0.15, -0.1) is 0 Å². The molecule has 2 aromatic heterocycles. The van der Waals surface area contributed by atoms with E-state index < -0.39 is 0 Å². The Balaban J connectivity index is 1.10. The first-order chi connectivity index (χ1) is 28.3. The normalized spacial score (nSPS) is 11.5. The van der Waals surface area contributed by atoms with Crippen LogP contribution in [0.15, 0.2) is 215 Å². The Kier molecular flexibility index (Phi) is 7.78. The number of furan rings is 1. The minimum Gasteiger partial charge on any atom is -0.456 e.